The highest BCUT2D eigenvalue weighted by Crippen LogP contribution is 2.32. The highest BCUT2D eigenvalue weighted by Gasteiger charge is 2.36. The first-order valence-corrected chi connectivity index (χ1v) is 10.8. The maximum atomic E-state index is 10.7. The minimum absolute atomic E-state index is 1.12. The molecule has 32 heavy (non-hydrogen) atoms. The van der Waals surface area contributed by atoms with Crippen molar-refractivity contribution in [2.75, 3.05) is 0 Å². The van der Waals surface area contributed by atoms with E-state index in [-0.39, 0.29) is 0 Å². The molecule has 3 aromatic carbocycles. The van der Waals surface area contributed by atoms with Crippen molar-refractivity contribution in [3.8, 4) is 33.5 Å². The van der Waals surface area contributed by atoms with E-state index in [0.717, 1.165) is 5.69 Å². The van der Waals surface area contributed by atoms with Crippen LogP contribution < -0.4 is 4.98 Å². The van der Waals surface area contributed by atoms with Crippen molar-refractivity contribution < 1.29 is 31.1 Å². The van der Waals surface area contributed by atoms with Gasteiger partial charge in [-0.1, -0.05) is 78.9 Å². The summed E-state index contributed by atoms with van der Waals surface area (Å²) in [5.74, 6) is 0. The van der Waals surface area contributed by atoms with E-state index in [4.69, 9.17) is 13.0 Å². The minimum atomic E-state index is -6.09. The van der Waals surface area contributed by atoms with E-state index in [9.17, 15) is 13.2 Å². The number of aromatic amines is 1. The summed E-state index contributed by atoms with van der Waals surface area (Å²) >= 11 is 0. The van der Waals surface area contributed by atoms with E-state index in [2.05, 4.69) is 96.1 Å². The number of pyridine rings is 1. The summed E-state index contributed by atoms with van der Waals surface area (Å²) in [6.45, 7) is 0. The largest absolute Gasteiger partial charge is 0.741 e. The Kier molecular flexibility index (Phi) is 7.07. The van der Waals surface area contributed by atoms with Gasteiger partial charge in [0, 0.05) is 17.2 Å². The van der Waals surface area contributed by atoms with Crippen molar-refractivity contribution in [1.29, 1.82) is 0 Å². The third kappa shape index (κ3) is 5.81. The summed E-state index contributed by atoms with van der Waals surface area (Å²) in [6, 6.07) is 33.7. The van der Waals surface area contributed by atoms with E-state index >= 15 is 0 Å². The first-order valence-electron chi connectivity index (χ1n) is 9.41. The lowest BCUT2D eigenvalue weighted by Crippen LogP contribution is -2.21. The summed E-state index contributed by atoms with van der Waals surface area (Å²) in [6.07, 6.45) is 2.11. The Bertz CT molecular complexity index is 1260. The van der Waals surface area contributed by atoms with Crippen LogP contribution in [0.25, 0.3) is 33.5 Å². The lowest BCUT2D eigenvalue weighted by Gasteiger charge is -2.09. The number of halogens is 3. The molecule has 0 saturated heterocycles. The quantitative estimate of drug-likeness (QED) is 0.299. The van der Waals surface area contributed by atoms with Gasteiger partial charge in [0.05, 0.1) is 5.56 Å². The molecule has 0 aliphatic carbocycles. The van der Waals surface area contributed by atoms with Crippen molar-refractivity contribution in [3.05, 3.63) is 103 Å². The number of nitrogens with one attached hydrogen (secondary N) is 1. The van der Waals surface area contributed by atoms with Gasteiger partial charge in [-0.05, 0) is 23.3 Å². The van der Waals surface area contributed by atoms with Crippen LogP contribution in [-0.4, -0.2) is 18.5 Å². The van der Waals surface area contributed by atoms with Gasteiger partial charge in [-0.3, -0.25) is 0 Å². The lowest BCUT2D eigenvalue weighted by atomic mass is 9.95. The number of alkyl halides is 3. The summed E-state index contributed by atoms with van der Waals surface area (Å²) < 4.78 is 58.9. The molecular weight excluding hydrogens is 439 g/mol. The van der Waals surface area contributed by atoms with E-state index in [0.29, 0.717) is 0 Å². The third-order valence-corrected chi connectivity index (χ3v) is 5.06. The third-order valence-electron chi connectivity index (χ3n) is 4.49. The molecule has 0 radical (unpaired) electrons. The second kappa shape index (κ2) is 9.76. The first kappa shape index (κ1) is 23.2. The average Bonchev–Trinajstić information content (AvgIpc) is 2.79. The number of benzene rings is 3. The molecule has 0 aliphatic heterocycles. The maximum Gasteiger partial charge on any atom is 0.485 e. The maximum absolute atomic E-state index is 10.7. The van der Waals surface area contributed by atoms with Gasteiger partial charge in [0.1, 0.15) is 0 Å². The van der Waals surface area contributed by atoms with Gasteiger partial charge < -0.3 is 4.55 Å². The number of hydrogen-bond acceptors (Lipinski definition) is 3. The Labute approximate surface area is 183 Å². The molecule has 4 nitrogen and oxygen atoms in total. The number of aromatic nitrogens is 1. The first-order chi connectivity index (χ1) is 15.2. The van der Waals surface area contributed by atoms with Crippen LogP contribution in [0.1, 0.15) is 0 Å². The fraction of sp³-hybridized carbons (Fsp3) is 0.0417. The highest BCUT2D eigenvalue weighted by atomic mass is 32.2. The monoisotopic (exact) mass is 457 g/mol. The Morgan fingerprint density at radius 2 is 1.03 bits per heavy atom. The molecule has 0 amide bonds. The molecule has 1 aromatic heterocycles. The topological polar surface area (TPSA) is 71.3 Å². The predicted octanol–water partition coefficient (Wildman–Crippen LogP) is 5.55. The number of rotatable bonds is 3. The SMILES string of the molecule is O=S(=O)([O-])C(F)(F)F.c1ccc(-c2cc(-c3ccccc3)c(-c3ccccc3)c[nH+]2)cc1. The van der Waals surface area contributed by atoms with E-state index in [1.165, 1.54) is 27.8 Å². The van der Waals surface area contributed by atoms with Gasteiger partial charge in [0.15, 0.2) is 16.3 Å². The van der Waals surface area contributed by atoms with Gasteiger partial charge in [-0.15, -0.1) is 0 Å². The second-order valence-corrected chi connectivity index (χ2v) is 8.04. The summed E-state index contributed by atoms with van der Waals surface area (Å²) in [4.78, 5) is 3.46. The Hall–Kier alpha value is -3.49. The molecule has 4 aromatic rings. The van der Waals surface area contributed by atoms with Crippen LogP contribution in [0.2, 0.25) is 0 Å². The Morgan fingerprint density at radius 3 is 1.44 bits per heavy atom. The molecule has 0 spiro atoms. The van der Waals surface area contributed by atoms with Gasteiger partial charge in [-0.25, -0.2) is 13.4 Å². The van der Waals surface area contributed by atoms with Gasteiger partial charge in [0.2, 0.25) is 5.69 Å². The minimum Gasteiger partial charge on any atom is -0.741 e. The van der Waals surface area contributed by atoms with Crippen LogP contribution >= 0.6 is 0 Å². The molecule has 4 rings (SSSR count). The van der Waals surface area contributed by atoms with Gasteiger partial charge in [-0.2, -0.15) is 13.2 Å². The zero-order chi connectivity index (χ0) is 23.2. The molecule has 0 aliphatic rings. The smallest absolute Gasteiger partial charge is 0.485 e. The average molecular weight is 457 g/mol. The Morgan fingerprint density at radius 1 is 0.656 bits per heavy atom. The highest BCUT2D eigenvalue weighted by molar-refractivity contribution is 7.86. The molecule has 0 saturated carbocycles. The molecule has 8 heteroatoms. The van der Waals surface area contributed by atoms with Crippen molar-refractivity contribution in [2.24, 2.45) is 0 Å². The molecule has 164 valence electrons. The molecule has 0 fully saturated rings. The normalized spacial score (nSPS) is 11.4. The Balaban J connectivity index is 0.000000312. The molecule has 0 atom stereocenters. The van der Waals surface area contributed by atoms with Crippen LogP contribution in [-0.2, 0) is 10.1 Å². The van der Waals surface area contributed by atoms with Crippen LogP contribution in [0.5, 0.6) is 0 Å². The van der Waals surface area contributed by atoms with Gasteiger partial charge in [0.25, 0.3) is 0 Å². The van der Waals surface area contributed by atoms with Crippen molar-refractivity contribution in [1.82, 2.24) is 0 Å². The summed E-state index contributed by atoms with van der Waals surface area (Å²) in [5, 5.41) is 0. The van der Waals surface area contributed by atoms with Crippen molar-refractivity contribution in [2.45, 2.75) is 5.51 Å². The van der Waals surface area contributed by atoms with Crippen LogP contribution in [0, 0.1) is 0 Å². The van der Waals surface area contributed by atoms with Crippen LogP contribution in [0.15, 0.2) is 103 Å². The predicted molar refractivity (Wildman–Crippen MR) is 115 cm³/mol. The molecule has 0 bridgehead atoms. The van der Waals surface area contributed by atoms with Gasteiger partial charge >= 0.3 is 5.51 Å². The van der Waals surface area contributed by atoms with E-state index in [1.807, 2.05) is 12.1 Å². The molecule has 1 N–H and O–H groups in total. The molecule has 1 heterocycles. The van der Waals surface area contributed by atoms with E-state index < -0.39 is 15.6 Å². The molecular formula is C24H18F3NO3S. The summed E-state index contributed by atoms with van der Waals surface area (Å²) in [7, 11) is -6.09. The fourth-order valence-corrected chi connectivity index (χ4v) is 2.99. The molecule has 0 unspecified atom stereocenters. The van der Waals surface area contributed by atoms with Crippen LogP contribution in [0.3, 0.4) is 0 Å². The van der Waals surface area contributed by atoms with Crippen LogP contribution in [0.4, 0.5) is 13.2 Å². The number of hydrogen-bond donors (Lipinski definition) is 0. The summed E-state index contributed by atoms with van der Waals surface area (Å²) in [5.41, 5.74) is 1.55. The second-order valence-electron chi connectivity index (χ2n) is 6.67. The fourth-order valence-electron chi connectivity index (χ4n) is 2.99. The zero-order valence-electron chi connectivity index (χ0n) is 16.6. The number of H-pyrrole nitrogens is 1. The van der Waals surface area contributed by atoms with Crippen molar-refractivity contribution >= 4 is 10.1 Å². The zero-order valence-corrected chi connectivity index (χ0v) is 17.4. The van der Waals surface area contributed by atoms with E-state index in [1.54, 1.807) is 0 Å². The van der Waals surface area contributed by atoms with Crippen molar-refractivity contribution in [3.63, 3.8) is 0 Å². The standard InChI is InChI=1S/C23H17N.CHF3O3S/c1-4-10-18(11-5-1)21-16-23(20-14-8-3-9-15-20)24-17-22(21)19-12-6-2-7-13-19;2-1(3,4)8(5,6)7/h1-17H;(H,5,6,7). The lowest BCUT2D eigenvalue weighted by molar-refractivity contribution is -0.363.